The zero-order valence-corrected chi connectivity index (χ0v) is 11.9. The molecule has 1 aromatic rings. The van der Waals surface area contributed by atoms with Crippen LogP contribution < -0.4 is 10.5 Å². The minimum absolute atomic E-state index is 0.158. The van der Waals surface area contributed by atoms with Crippen LogP contribution >= 0.6 is 0 Å². The molecule has 0 atom stereocenters. The van der Waals surface area contributed by atoms with E-state index in [0.29, 0.717) is 25.6 Å². The lowest BCUT2D eigenvalue weighted by atomic mass is 10.1. The van der Waals surface area contributed by atoms with E-state index in [2.05, 4.69) is 10.2 Å². The van der Waals surface area contributed by atoms with Gasteiger partial charge >= 0.3 is 0 Å². The highest BCUT2D eigenvalue weighted by Crippen LogP contribution is 2.19. The lowest BCUT2D eigenvalue weighted by Gasteiger charge is -2.19. The molecule has 2 N–H and O–H groups in total. The number of hydrogen-bond acceptors (Lipinski definition) is 5. The summed E-state index contributed by atoms with van der Waals surface area (Å²) >= 11 is 0. The zero-order chi connectivity index (χ0) is 13.8. The van der Waals surface area contributed by atoms with E-state index < -0.39 is 0 Å². The van der Waals surface area contributed by atoms with Crippen LogP contribution in [0.15, 0.2) is 0 Å². The summed E-state index contributed by atoms with van der Waals surface area (Å²) in [6.45, 7) is 11.3. The van der Waals surface area contributed by atoms with Crippen LogP contribution in [0.5, 0.6) is 5.88 Å². The van der Waals surface area contributed by atoms with Gasteiger partial charge in [-0.1, -0.05) is 0 Å². The average Bonchev–Trinajstić information content (AvgIpc) is 2.28. The minimum atomic E-state index is -0.158. The van der Waals surface area contributed by atoms with Crippen molar-refractivity contribution >= 4 is 0 Å². The fourth-order valence-electron chi connectivity index (χ4n) is 1.48. The first-order valence-corrected chi connectivity index (χ1v) is 6.14. The van der Waals surface area contributed by atoms with Crippen molar-refractivity contribution in [3.05, 3.63) is 16.8 Å². The Morgan fingerprint density at radius 2 is 1.78 bits per heavy atom. The molecule has 5 heteroatoms. The van der Waals surface area contributed by atoms with Gasteiger partial charge in [-0.05, 0) is 40.2 Å². The van der Waals surface area contributed by atoms with Crippen LogP contribution in [0.25, 0.3) is 0 Å². The summed E-state index contributed by atoms with van der Waals surface area (Å²) in [4.78, 5) is 0. The average molecular weight is 253 g/mol. The van der Waals surface area contributed by atoms with Crippen molar-refractivity contribution in [1.82, 2.24) is 10.2 Å². The first-order chi connectivity index (χ1) is 8.35. The standard InChI is InChI=1S/C13H23N3O2/c1-9-10(2)15-16-12(11(9)8-14)17-6-7-18-13(3,4)5/h6-8,14H2,1-5H3. The molecule has 1 heterocycles. The molecule has 0 aliphatic carbocycles. The third kappa shape index (κ3) is 4.23. The quantitative estimate of drug-likeness (QED) is 0.809. The number of rotatable bonds is 5. The summed E-state index contributed by atoms with van der Waals surface area (Å²) in [7, 11) is 0. The number of hydrogen-bond donors (Lipinski definition) is 1. The molecular formula is C13H23N3O2. The molecule has 0 aromatic carbocycles. The van der Waals surface area contributed by atoms with Gasteiger partial charge in [-0.2, -0.15) is 5.10 Å². The predicted molar refractivity (Wildman–Crippen MR) is 70.6 cm³/mol. The highest BCUT2D eigenvalue weighted by molar-refractivity contribution is 5.34. The summed E-state index contributed by atoms with van der Waals surface area (Å²) in [5.41, 5.74) is 8.40. The van der Waals surface area contributed by atoms with Crippen molar-refractivity contribution in [2.24, 2.45) is 5.73 Å². The van der Waals surface area contributed by atoms with Gasteiger partial charge in [0.1, 0.15) is 6.61 Å². The van der Waals surface area contributed by atoms with Crippen molar-refractivity contribution in [3.8, 4) is 5.88 Å². The molecule has 102 valence electrons. The molecule has 0 bridgehead atoms. The van der Waals surface area contributed by atoms with Gasteiger partial charge in [0.05, 0.1) is 17.9 Å². The molecule has 0 saturated heterocycles. The van der Waals surface area contributed by atoms with Gasteiger partial charge < -0.3 is 15.2 Å². The molecule has 0 radical (unpaired) electrons. The second-order valence-electron chi connectivity index (χ2n) is 5.21. The van der Waals surface area contributed by atoms with Gasteiger partial charge in [0, 0.05) is 12.1 Å². The van der Waals surface area contributed by atoms with Gasteiger partial charge in [-0.25, -0.2) is 0 Å². The summed E-state index contributed by atoms with van der Waals surface area (Å²) < 4.78 is 11.2. The Balaban J connectivity index is 2.60. The molecule has 0 aliphatic rings. The maximum Gasteiger partial charge on any atom is 0.238 e. The van der Waals surface area contributed by atoms with Crippen LogP contribution in [-0.2, 0) is 11.3 Å². The fraction of sp³-hybridized carbons (Fsp3) is 0.692. The van der Waals surface area contributed by atoms with Crippen LogP contribution in [0.1, 0.15) is 37.6 Å². The summed E-state index contributed by atoms with van der Waals surface area (Å²) in [5, 5.41) is 8.08. The second kappa shape index (κ2) is 6.11. The molecule has 0 fully saturated rings. The normalized spacial score (nSPS) is 11.7. The molecule has 5 nitrogen and oxygen atoms in total. The van der Waals surface area contributed by atoms with Crippen LogP contribution in [-0.4, -0.2) is 29.0 Å². The van der Waals surface area contributed by atoms with Crippen molar-refractivity contribution in [1.29, 1.82) is 0 Å². The van der Waals surface area contributed by atoms with Crippen LogP contribution in [0, 0.1) is 13.8 Å². The van der Waals surface area contributed by atoms with Gasteiger partial charge in [0.2, 0.25) is 5.88 Å². The Morgan fingerprint density at radius 3 is 2.33 bits per heavy atom. The smallest absolute Gasteiger partial charge is 0.238 e. The monoisotopic (exact) mass is 253 g/mol. The first-order valence-electron chi connectivity index (χ1n) is 6.14. The summed E-state index contributed by atoms with van der Waals surface area (Å²) in [5.74, 6) is 0.512. The van der Waals surface area contributed by atoms with Gasteiger partial charge in [0.15, 0.2) is 0 Å². The number of aryl methyl sites for hydroxylation is 1. The van der Waals surface area contributed by atoms with E-state index in [4.69, 9.17) is 15.2 Å². The molecule has 18 heavy (non-hydrogen) atoms. The molecule has 0 aliphatic heterocycles. The molecule has 1 rings (SSSR count). The highest BCUT2D eigenvalue weighted by atomic mass is 16.5. The van der Waals surface area contributed by atoms with Crippen LogP contribution in [0.4, 0.5) is 0 Å². The molecule has 0 amide bonds. The Bertz CT molecular complexity index is 400. The second-order valence-corrected chi connectivity index (χ2v) is 5.21. The maximum absolute atomic E-state index is 5.71. The van der Waals surface area contributed by atoms with Crippen molar-refractivity contribution in [2.45, 2.75) is 46.8 Å². The maximum atomic E-state index is 5.71. The minimum Gasteiger partial charge on any atom is -0.474 e. The first kappa shape index (κ1) is 14.9. The summed E-state index contributed by atoms with van der Waals surface area (Å²) in [6.07, 6.45) is 0. The third-order valence-corrected chi connectivity index (χ3v) is 2.61. The largest absolute Gasteiger partial charge is 0.474 e. The molecule has 1 aromatic heterocycles. The number of ether oxygens (including phenoxy) is 2. The van der Waals surface area contributed by atoms with E-state index in [1.807, 2.05) is 34.6 Å². The molecule has 0 spiro atoms. The molecule has 0 saturated carbocycles. The van der Waals surface area contributed by atoms with Crippen molar-refractivity contribution in [2.75, 3.05) is 13.2 Å². The van der Waals surface area contributed by atoms with E-state index in [1.165, 1.54) is 0 Å². The number of nitrogens with zero attached hydrogens (tertiary/aromatic N) is 2. The Morgan fingerprint density at radius 1 is 1.11 bits per heavy atom. The van der Waals surface area contributed by atoms with E-state index in [9.17, 15) is 0 Å². The van der Waals surface area contributed by atoms with Crippen molar-refractivity contribution in [3.63, 3.8) is 0 Å². The van der Waals surface area contributed by atoms with Gasteiger partial charge in [0.25, 0.3) is 0 Å². The Labute approximate surface area is 109 Å². The molecule has 0 unspecified atom stereocenters. The van der Waals surface area contributed by atoms with E-state index in [-0.39, 0.29) is 5.60 Å². The topological polar surface area (TPSA) is 70.3 Å². The summed E-state index contributed by atoms with van der Waals surface area (Å²) in [6, 6.07) is 0. The molecular weight excluding hydrogens is 230 g/mol. The Kier molecular flexibility index (Phi) is 5.04. The SMILES string of the molecule is Cc1nnc(OCCOC(C)(C)C)c(CN)c1C. The zero-order valence-electron chi connectivity index (χ0n) is 11.9. The van der Waals surface area contributed by atoms with Crippen LogP contribution in [0.2, 0.25) is 0 Å². The lowest BCUT2D eigenvalue weighted by Crippen LogP contribution is -2.23. The van der Waals surface area contributed by atoms with Crippen LogP contribution in [0.3, 0.4) is 0 Å². The Hall–Kier alpha value is -1.20. The number of nitrogens with two attached hydrogens (primary N) is 1. The number of aromatic nitrogens is 2. The fourth-order valence-corrected chi connectivity index (χ4v) is 1.48. The van der Waals surface area contributed by atoms with E-state index >= 15 is 0 Å². The van der Waals surface area contributed by atoms with Gasteiger partial charge in [-0.15, -0.1) is 5.10 Å². The van der Waals surface area contributed by atoms with E-state index in [0.717, 1.165) is 16.8 Å². The van der Waals surface area contributed by atoms with Gasteiger partial charge in [-0.3, -0.25) is 0 Å². The third-order valence-electron chi connectivity index (χ3n) is 2.61. The highest BCUT2D eigenvalue weighted by Gasteiger charge is 2.12. The lowest BCUT2D eigenvalue weighted by molar-refractivity contribution is -0.0170. The predicted octanol–water partition coefficient (Wildman–Crippen LogP) is 1.75. The van der Waals surface area contributed by atoms with E-state index in [1.54, 1.807) is 0 Å². The van der Waals surface area contributed by atoms with Crippen molar-refractivity contribution < 1.29 is 9.47 Å².